The number of hydrogen-bond acceptors (Lipinski definition) is 9. The lowest BCUT2D eigenvalue weighted by molar-refractivity contribution is -0.121. The molecule has 1 aromatic heterocycles. The summed E-state index contributed by atoms with van der Waals surface area (Å²) >= 11 is 1.25. The lowest BCUT2D eigenvalue weighted by atomic mass is 10.1. The molecule has 1 atom stereocenters. The van der Waals surface area contributed by atoms with Gasteiger partial charge in [0.2, 0.25) is 18.6 Å². The Hall–Kier alpha value is -4.71. The van der Waals surface area contributed by atoms with Crippen molar-refractivity contribution in [1.82, 2.24) is 14.9 Å². The second-order valence-electron chi connectivity index (χ2n) is 10.7. The summed E-state index contributed by atoms with van der Waals surface area (Å²) in [5, 5.41) is 6.24. The van der Waals surface area contributed by atoms with Gasteiger partial charge in [0.25, 0.3) is 5.56 Å². The Morgan fingerprint density at radius 2 is 1.76 bits per heavy atom. The highest BCUT2D eigenvalue weighted by molar-refractivity contribution is 8.00. The number of benzene rings is 3. The molecule has 1 aliphatic rings. The van der Waals surface area contributed by atoms with Gasteiger partial charge in [0.1, 0.15) is 11.5 Å². The molecule has 0 unspecified atom stereocenters. The van der Waals surface area contributed by atoms with Crippen molar-refractivity contribution in [2.45, 2.75) is 62.5 Å². The summed E-state index contributed by atoms with van der Waals surface area (Å²) in [6.45, 7) is 2.83. The van der Waals surface area contributed by atoms with E-state index >= 15 is 0 Å². The molecular formula is C34H38N4O7S. The van der Waals surface area contributed by atoms with Crippen LogP contribution in [0.5, 0.6) is 23.0 Å². The first-order chi connectivity index (χ1) is 22.4. The van der Waals surface area contributed by atoms with Crippen LogP contribution in [0.1, 0.15) is 44.6 Å². The summed E-state index contributed by atoms with van der Waals surface area (Å²) in [6, 6.07) is 18.1. The topological polar surface area (TPSA) is 130 Å². The van der Waals surface area contributed by atoms with Crippen LogP contribution >= 0.6 is 11.8 Å². The lowest BCUT2D eigenvalue weighted by Crippen LogP contribution is -2.28. The third-order valence-corrected chi connectivity index (χ3v) is 8.98. The van der Waals surface area contributed by atoms with Crippen LogP contribution in [0.3, 0.4) is 0 Å². The summed E-state index contributed by atoms with van der Waals surface area (Å²) in [4.78, 5) is 44.5. The van der Waals surface area contributed by atoms with Gasteiger partial charge in [-0.2, -0.15) is 0 Å². The highest BCUT2D eigenvalue weighted by Gasteiger charge is 2.24. The number of hydrogen-bond donors (Lipinski definition) is 2. The van der Waals surface area contributed by atoms with E-state index in [-0.39, 0.29) is 24.2 Å². The fourth-order valence-corrected chi connectivity index (χ4v) is 6.09. The zero-order chi connectivity index (χ0) is 32.5. The number of unbranched alkanes of at least 4 members (excludes halogenated alkanes) is 2. The maximum atomic E-state index is 13.8. The summed E-state index contributed by atoms with van der Waals surface area (Å²) in [5.41, 5.74) is 1.81. The average molecular weight is 647 g/mol. The number of carbonyl (C=O) groups is 2. The standard InChI is InChI=1S/C34H38N4O7S/c1-4-30(32(40)36-25-10-7-8-11-27(25)43-3)46-34-37-26-19-29-28(44-21-45-29)18-24(26)33(41)38(34)17-9-5-6-12-31(39)35-20-22-13-15-23(42-2)16-14-22/h7-8,10-11,13-16,18-19,30H,4-6,9,12,17,20-21H2,1-3H3,(H,35,39)(H,36,40)/t30-/m1/s1. The first-order valence-corrected chi connectivity index (χ1v) is 16.1. The molecule has 11 nitrogen and oxygen atoms in total. The number of nitrogens with zero attached hydrogens (tertiary/aromatic N) is 2. The van der Waals surface area contributed by atoms with Crippen molar-refractivity contribution in [2.24, 2.45) is 0 Å². The van der Waals surface area contributed by atoms with Gasteiger partial charge in [0.15, 0.2) is 16.7 Å². The molecular weight excluding hydrogens is 608 g/mol. The van der Waals surface area contributed by atoms with Crippen LogP contribution in [-0.2, 0) is 22.7 Å². The molecule has 0 radical (unpaired) electrons. The maximum Gasteiger partial charge on any atom is 0.262 e. The van der Waals surface area contributed by atoms with E-state index in [1.165, 1.54) is 11.8 Å². The summed E-state index contributed by atoms with van der Waals surface area (Å²) in [7, 11) is 3.17. The second-order valence-corrected chi connectivity index (χ2v) is 11.9. The maximum absolute atomic E-state index is 13.8. The van der Waals surface area contributed by atoms with Gasteiger partial charge >= 0.3 is 0 Å². The van der Waals surface area contributed by atoms with E-state index in [0.717, 1.165) is 17.7 Å². The normalized spacial score (nSPS) is 12.5. The van der Waals surface area contributed by atoms with E-state index < -0.39 is 5.25 Å². The van der Waals surface area contributed by atoms with Gasteiger partial charge in [-0.1, -0.05) is 49.4 Å². The second kappa shape index (κ2) is 15.5. The Morgan fingerprint density at radius 3 is 2.50 bits per heavy atom. The summed E-state index contributed by atoms with van der Waals surface area (Å²) in [6.07, 6.45) is 2.95. The number of anilines is 1. The first-order valence-electron chi connectivity index (χ1n) is 15.2. The van der Waals surface area contributed by atoms with Crippen LogP contribution in [0, 0.1) is 0 Å². The molecule has 0 spiro atoms. The number of amides is 2. The van der Waals surface area contributed by atoms with E-state index in [1.54, 1.807) is 43.1 Å². The average Bonchev–Trinajstić information content (AvgIpc) is 3.54. The fourth-order valence-electron chi connectivity index (χ4n) is 5.05. The predicted molar refractivity (Wildman–Crippen MR) is 177 cm³/mol. The van der Waals surface area contributed by atoms with Crippen molar-refractivity contribution in [3.63, 3.8) is 0 Å². The van der Waals surface area contributed by atoms with E-state index in [0.29, 0.717) is 77.8 Å². The Bertz CT molecular complexity index is 1740. The molecule has 46 heavy (non-hydrogen) atoms. The number of fused-ring (bicyclic) bond motifs is 2. The molecule has 1 aliphatic heterocycles. The van der Waals surface area contributed by atoms with Crippen molar-refractivity contribution in [3.05, 3.63) is 76.6 Å². The minimum atomic E-state index is -0.524. The molecule has 0 aliphatic carbocycles. The number of para-hydroxylation sites is 2. The Labute approximate surface area is 271 Å². The number of rotatable bonds is 15. The molecule has 2 N–H and O–H groups in total. The minimum absolute atomic E-state index is 0.0282. The number of ether oxygens (including phenoxy) is 4. The van der Waals surface area contributed by atoms with Crippen molar-refractivity contribution in [3.8, 4) is 23.0 Å². The van der Waals surface area contributed by atoms with Crippen molar-refractivity contribution in [2.75, 3.05) is 26.3 Å². The van der Waals surface area contributed by atoms with Crippen LogP contribution in [-0.4, -0.2) is 47.6 Å². The molecule has 3 aromatic carbocycles. The number of carbonyl (C=O) groups excluding carboxylic acids is 2. The molecule has 12 heteroatoms. The lowest BCUT2D eigenvalue weighted by Gasteiger charge is -2.19. The van der Waals surface area contributed by atoms with Gasteiger partial charge in [0.05, 0.1) is 36.1 Å². The van der Waals surface area contributed by atoms with Gasteiger partial charge < -0.3 is 29.6 Å². The van der Waals surface area contributed by atoms with E-state index in [4.69, 9.17) is 23.9 Å². The third kappa shape index (κ3) is 7.92. The first kappa shape index (κ1) is 32.7. The van der Waals surface area contributed by atoms with Crippen molar-refractivity contribution >= 4 is 40.2 Å². The smallest absolute Gasteiger partial charge is 0.262 e. The van der Waals surface area contributed by atoms with Gasteiger partial charge in [-0.05, 0) is 55.2 Å². The molecule has 4 aromatic rings. The summed E-state index contributed by atoms with van der Waals surface area (Å²) < 4.78 is 23.2. The monoisotopic (exact) mass is 646 g/mol. The van der Waals surface area contributed by atoms with Gasteiger partial charge in [-0.15, -0.1) is 0 Å². The molecule has 0 bridgehead atoms. The van der Waals surface area contributed by atoms with Crippen LogP contribution in [0.25, 0.3) is 10.9 Å². The zero-order valence-corrected chi connectivity index (χ0v) is 27.0. The van der Waals surface area contributed by atoms with Crippen molar-refractivity contribution in [1.29, 1.82) is 0 Å². The highest BCUT2D eigenvalue weighted by Crippen LogP contribution is 2.36. The third-order valence-electron chi connectivity index (χ3n) is 7.62. The van der Waals surface area contributed by atoms with Crippen LogP contribution in [0.4, 0.5) is 5.69 Å². The molecule has 0 fully saturated rings. The predicted octanol–water partition coefficient (Wildman–Crippen LogP) is 5.53. The SMILES string of the molecule is CC[C@@H](Sc1nc2cc3c(cc2c(=O)n1CCCCCC(=O)NCc1ccc(OC)cc1)OCO3)C(=O)Nc1ccccc1OC. The quantitative estimate of drug-likeness (QED) is 0.0973. The molecule has 0 saturated carbocycles. The molecule has 0 saturated heterocycles. The van der Waals surface area contributed by atoms with Crippen LogP contribution in [0.2, 0.25) is 0 Å². The zero-order valence-electron chi connectivity index (χ0n) is 26.2. The van der Waals surface area contributed by atoms with Gasteiger partial charge in [-0.3, -0.25) is 19.0 Å². The van der Waals surface area contributed by atoms with E-state index in [9.17, 15) is 14.4 Å². The molecule has 2 amide bonds. The number of methoxy groups -OCH3 is 2. The Balaban J connectivity index is 1.26. The van der Waals surface area contributed by atoms with Crippen molar-refractivity contribution < 1.29 is 28.5 Å². The number of thioether (sulfide) groups is 1. The molecule has 242 valence electrons. The van der Waals surface area contributed by atoms with Crippen LogP contribution < -0.4 is 35.1 Å². The number of nitrogens with one attached hydrogen (secondary N) is 2. The molecule has 5 rings (SSSR count). The fraction of sp³-hybridized carbons (Fsp3) is 0.353. The number of aromatic nitrogens is 2. The summed E-state index contributed by atoms with van der Waals surface area (Å²) in [5.74, 6) is 2.11. The highest BCUT2D eigenvalue weighted by atomic mass is 32.2. The van der Waals surface area contributed by atoms with E-state index in [2.05, 4.69) is 10.6 Å². The largest absolute Gasteiger partial charge is 0.497 e. The van der Waals surface area contributed by atoms with Crippen LogP contribution in [0.15, 0.2) is 70.6 Å². The Morgan fingerprint density at radius 1 is 1.00 bits per heavy atom. The van der Waals surface area contributed by atoms with Gasteiger partial charge in [0, 0.05) is 25.6 Å². The minimum Gasteiger partial charge on any atom is -0.497 e. The van der Waals surface area contributed by atoms with E-state index in [1.807, 2.05) is 43.3 Å². The molecule has 2 heterocycles. The Kier molecular flexibility index (Phi) is 11.0. The van der Waals surface area contributed by atoms with Gasteiger partial charge in [-0.25, -0.2) is 4.98 Å².